The van der Waals surface area contributed by atoms with Gasteiger partial charge in [0.2, 0.25) is 5.91 Å². The van der Waals surface area contributed by atoms with Crippen LogP contribution in [0.1, 0.15) is 52.4 Å². The molecule has 2 aliphatic rings. The number of hydrogen-bond acceptors (Lipinski definition) is 3. The Bertz CT molecular complexity index is 390. The molecule has 2 rings (SSSR count). The molecule has 2 fully saturated rings. The summed E-state index contributed by atoms with van der Waals surface area (Å²) in [5.74, 6) is 0.807. The number of likely N-dealkylation sites (tertiary alicyclic amines) is 1. The van der Waals surface area contributed by atoms with Crippen LogP contribution in [-0.4, -0.2) is 54.7 Å². The standard InChI is InChI=1S/C17H30N2O2/c1-13(20)17(2)9-11-19(12-10-17)16(21)14-5-7-15(8-6-14)18(3)4/h14-15H,5-12H2,1-4H3. The molecule has 0 aromatic carbocycles. The molecule has 1 amide bonds. The van der Waals surface area contributed by atoms with Crippen LogP contribution >= 0.6 is 0 Å². The highest BCUT2D eigenvalue weighted by Gasteiger charge is 2.37. The Morgan fingerprint density at radius 1 is 1.05 bits per heavy atom. The van der Waals surface area contributed by atoms with Gasteiger partial charge >= 0.3 is 0 Å². The molecule has 0 radical (unpaired) electrons. The van der Waals surface area contributed by atoms with Crippen molar-refractivity contribution in [1.29, 1.82) is 0 Å². The van der Waals surface area contributed by atoms with E-state index < -0.39 is 0 Å². The lowest BCUT2D eigenvalue weighted by molar-refractivity contribution is -0.142. The summed E-state index contributed by atoms with van der Waals surface area (Å²) in [6.07, 6.45) is 5.93. The van der Waals surface area contributed by atoms with Crippen molar-refractivity contribution in [3.8, 4) is 0 Å². The molecule has 1 heterocycles. The van der Waals surface area contributed by atoms with Crippen molar-refractivity contribution in [2.75, 3.05) is 27.2 Å². The Morgan fingerprint density at radius 2 is 1.57 bits per heavy atom. The van der Waals surface area contributed by atoms with Gasteiger partial charge < -0.3 is 9.80 Å². The van der Waals surface area contributed by atoms with E-state index in [1.54, 1.807) is 6.92 Å². The molecule has 1 saturated carbocycles. The van der Waals surface area contributed by atoms with Gasteiger partial charge in [-0.1, -0.05) is 6.92 Å². The number of nitrogens with zero attached hydrogens (tertiary/aromatic N) is 2. The van der Waals surface area contributed by atoms with Crippen molar-refractivity contribution in [3.63, 3.8) is 0 Å². The number of ketones is 1. The third-order valence-corrected chi connectivity index (χ3v) is 5.80. The van der Waals surface area contributed by atoms with Crippen LogP contribution in [0.2, 0.25) is 0 Å². The van der Waals surface area contributed by atoms with Gasteiger partial charge in [-0.15, -0.1) is 0 Å². The molecule has 0 bridgehead atoms. The van der Waals surface area contributed by atoms with E-state index in [1.807, 2.05) is 11.8 Å². The Morgan fingerprint density at radius 3 is 2.00 bits per heavy atom. The van der Waals surface area contributed by atoms with Gasteiger partial charge in [0, 0.05) is 30.5 Å². The van der Waals surface area contributed by atoms with E-state index in [4.69, 9.17) is 0 Å². The molecule has 120 valence electrons. The van der Waals surface area contributed by atoms with Crippen molar-refractivity contribution in [1.82, 2.24) is 9.80 Å². The van der Waals surface area contributed by atoms with Crippen LogP contribution in [0, 0.1) is 11.3 Å². The topological polar surface area (TPSA) is 40.6 Å². The maximum atomic E-state index is 12.6. The largest absolute Gasteiger partial charge is 0.342 e. The summed E-state index contributed by atoms with van der Waals surface area (Å²) >= 11 is 0. The Labute approximate surface area is 128 Å². The van der Waals surface area contributed by atoms with Gasteiger partial charge in [0.05, 0.1) is 0 Å². The fraction of sp³-hybridized carbons (Fsp3) is 0.882. The predicted octanol–water partition coefficient (Wildman–Crippen LogP) is 2.32. The van der Waals surface area contributed by atoms with Gasteiger partial charge in [-0.05, 0) is 59.5 Å². The summed E-state index contributed by atoms with van der Waals surface area (Å²) in [4.78, 5) is 28.6. The molecule has 4 heteroatoms. The quantitative estimate of drug-likeness (QED) is 0.802. The summed E-state index contributed by atoms with van der Waals surface area (Å²) in [7, 11) is 4.25. The normalized spacial score (nSPS) is 29.5. The average Bonchev–Trinajstić information content (AvgIpc) is 2.47. The van der Waals surface area contributed by atoms with E-state index >= 15 is 0 Å². The first-order valence-electron chi connectivity index (χ1n) is 8.30. The minimum Gasteiger partial charge on any atom is -0.342 e. The molecule has 0 unspecified atom stereocenters. The number of amides is 1. The molecular weight excluding hydrogens is 264 g/mol. The zero-order valence-corrected chi connectivity index (χ0v) is 14.0. The first-order valence-corrected chi connectivity index (χ1v) is 8.30. The number of Topliss-reactive ketones (excluding diaryl/α,β-unsaturated/α-hetero) is 1. The number of piperidine rings is 1. The maximum Gasteiger partial charge on any atom is 0.225 e. The fourth-order valence-electron chi connectivity index (χ4n) is 3.67. The minimum absolute atomic E-state index is 0.209. The van der Waals surface area contributed by atoms with Gasteiger partial charge in [0.1, 0.15) is 5.78 Å². The number of hydrogen-bond donors (Lipinski definition) is 0. The van der Waals surface area contributed by atoms with Crippen LogP contribution in [0.25, 0.3) is 0 Å². The highest BCUT2D eigenvalue weighted by Crippen LogP contribution is 2.34. The highest BCUT2D eigenvalue weighted by atomic mass is 16.2. The molecule has 0 N–H and O–H groups in total. The number of carbonyl (C=O) groups is 2. The van der Waals surface area contributed by atoms with Crippen LogP contribution in [0.15, 0.2) is 0 Å². The fourth-order valence-corrected chi connectivity index (χ4v) is 3.67. The number of carbonyl (C=O) groups excluding carboxylic acids is 2. The molecule has 0 aromatic heterocycles. The molecule has 0 atom stereocenters. The van der Waals surface area contributed by atoms with Gasteiger partial charge in [0.25, 0.3) is 0 Å². The van der Waals surface area contributed by atoms with E-state index in [0.717, 1.165) is 51.6 Å². The highest BCUT2D eigenvalue weighted by molar-refractivity contribution is 5.83. The van der Waals surface area contributed by atoms with Gasteiger partial charge in [-0.25, -0.2) is 0 Å². The summed E-state index contributed by atoms with van der Waals surface area (Å²) in [5.41, 5.74) is -0.209. The van der Waals surface area contributed by atoms with Gasteiger partial charge in [-0.2, -0.15) is 0 Å². The molecule has 0 aromatic rings. The van der Waals surface area contributed by atoms with Crippen LogP contribution in [0.4, 0.5) is 0 Å². The molecule has 4 nitrogen and oxygen atoms in total. The summed E-state index contributed by atoms with van der Waals surface area (Å²) in [6, 6.07) is 0.636. The van der Waals surface area contributed by atoms with Crippen LogP contribution in [-0.2, 0) is 9.59 Å². The zero-order chi connectivity index (χ0) is 15.6. The predicted molar refractivity (Wildman–Crippen MR) is 84.0 cm³/mol. The summed E-state index contributed by atoms with van der Waals surface area (Å²) in [5, 5.41) is 0. The third kappa shape index (κ3) is 3.65. The Kier molecular flexibility index (Phi) is 5.07. The van der Waals surface area contributed by atoms with E-state index in [-0.39, 0.29) is 17.1 Å². The molecule has 1 aliphatic carbocycles. The van der Waals surface area contributed by atoms with E-state index in [1.165, 1.54) is 0 Å². The molecular formula is C17H30N2O2. The minimum atomic E-state index is -0.209. The lowest BCUT2D eigenvalue weighted by Crippen LogP contribution is -2.47. The lowest BCUT2D eigenvalue weighted by atomic mass is 9.76. The van der Waals surface area contributed by atoms with Crippen molar-refractivity contribution >= 4 is 11.7 Å². The van der Waals surface area contributed by atoms with E-state index in [9.17, 15) is 9.59 Å². The first kappa shape index (κ1) is 16.5. The van der Waals surface area contributed by atoms with Gasteiger partial charge in [-0.3, -0.25) is 9.59 Å². The smallest absolute Gasteiger partial charge is 0.225 e. The second kappa shape index (κ2) is 6.47. The molecule has 0 spiro atoms. The van der Waals surface area contributed by atoms with E-state index in [0.29, 0.717) is 11.9 Å². The van der Waals surface area contributed by atoms with Crippen LogP contribution in [0.5, 0.6) is 0 Å². The monoisotopic (exact) mass is 294 g/mol. The maximum absolute atomic E-state index is 12.6. The second-order valence-electron chi connectivity index (χ2n) is 7.41. The Balaban J connectivity index is 1.84. The first-order chi connectivity index (χ1) is 9.83. The van der Waals surface area contributed by atoms with Crippen LogP contribution in [0.3, 0.4) is 0 Å². The van der Waals surface area contributed by atoms with Crippen molar-refractivity contribution in [2.24, 2.45) is 11.3 Å². The third-order valence-electron chi connectivity index (χ3n) is 5.80. The summed E-state index contributed by atoms with van der Waals surface area (Å²) in [6.45, 7) is 5.23. The lowest BCUT2D eigenvalue weighted by Gasteiger charge is -2.40. The SMILES string of the molecule is CC(=O)C1(C)CCN(C(=O)C2CCC(N(C)C)CC2)CC1. The molecule has 21 heavy (non-hydrogen) atoms. The number of rotatable bonds is 3. The van der Waals surface area contributed by atoms with Crippen molar-refractivity contribution in [2.45, 2.75) is 58.4 Å². The Hall–Kier alpha value is -0.900. The average molecular weight is 294 g/mol. The molecule has 1 aliphatic heterocycles. The second-order valence-corrected chi connectivity index (χ2v) is 7.41. The zero-order valence-electron chi connectivity index (χ0n) is 14.0. The van der Waals surface area contributed by atoms with E-state index in [2.05, 4.69) is 19.0 Å². The van der Waals surface area contributed by atoms with Crippen LogP contribution < -0.4 is 0 Å². The summed E-state index contributed by atoms with van der Waals surface area (Å²) < 4.78 is 0. The molecule has 1 saturated heterocycles. The van der Waals surface area contributed by atoms with Crippen molar-refractivity contribution in [3.05, 3.63) is 0 Å². The van der Waals surface area contributed by atoms with Gasteiger partial charge in [0.15, 0.2) is 0 Å². The van der Waals surface area contributed by atoms with Crippen molar-refractivity contribution < 1.29 is 9.59 Å².